The van der Waals surface area contributed by atoms with Crippen LogP contribution in [0.25, 0.3) is 11.0 Å². The fourth-order valence-electron chi connectivity index (χ4n) is 4.51. The molecule has 0 unspecified atom stereocenters. The number of nitrogens with one attached hydrogen (secondary N) is 1. The van der Waals surface area contributed by atoms with Crippen LogP contribution in [-0.4, -0.2) is 35.9 Å². The Hall–Kier alpha value is -3.69. The molecule has 0 radical (unpaired) electrons. The van der Waals surface area contributed by atoms with E-state index in [1.165, 1.54) is 4.31 Å². The SMILES string of the molecule is Cn1c(CCc2ccc(C(=N)N)cc2)nc2cc(N(CCCC(C)(C)N)S(=O)(=O)c3ccccc3)ccc21. The molecule has 0 amide bonds. The zero-order chi connectivity index (χ0) is 27.5. The van der Waals surface area contributed by atoms with Crippen molar-refractivity contribution in [2.75, 3.05) is 10.8 Å². The number of imidazole rings is 1. The summed E-state index contributed by atoms with van der Waals surface area (Å²) in [4.78, 5) is 5.11. The molecule has 4 rings (SSSR count). The summed E-state index contributed by atoms with van der Waals surface area (Å²) < 4.78 is 30.9. The quantitative estimate of drug-likeness (QED) is 0.195. The molecular formula is C29H36N6O2S. The third kappa shape index (κ3) is 6.23. The summed E-state index contributed by atoms with van der Waals surface area (Å²) in [6, 6.07) is 21.8. The van der Waals surface area contributed by atoms with Gasteiger partial charge in [-0.25, -0.2) is 13.4 Å². The van der Waals surface area contributed by atoms with Crippen molar-refractivity contribution >= 4 is 32.6 Å². The van der Waals surface area contributed by atoms with E-state index >= 15 is 0 Å². The van der Waals surface area contributed by atoms with Crippen LogP contribution in [0.3, 0.4) is 0 Å². The van der Waals surface area contributed by atoms with Gasteiger partial charge >= 0.3 is 0 Å². The second-order valence-corrected chi connectivity index (χ2v) is 12.2. The van der Waals surface area contributed by atoms with Crippen molar-refractivity contribution in [2.24, 2.45) is 18.5 Å². The molecule has 0 aliphatic carbocycles. The monoisotopic (exact) mass is 532 g/mol. The Morgan fingerprint density at radius 3 is 2.34 bits per heavy atom. The largest absolute Gasteiger partial charge is 0.384 e. The second kappa shape index (κ2) is 11.0. The summed E-state index contributed by atoms with van der Waals surface area (Å²) in [5.41, 5.74) is 15.5. The summed E-state index contributed by atoms with van der Waals surface area (Å²) >= 11 is 0. The first kappa shape index (κ1) is 27.3. The average molecular weight is 533 g/mol. The van der Waals surface area contributed by atoms with E-state index in [4.69, 9.17) is 21.9 Å². The predicted octanol–water partition coefficient (Wildman–Crippen LogP) is 4.36. The maximum atomic E-state index is 13.7. The molecule has 38 heavy (non-hydrogen) atoms. The van der Waals surface area contributed by atoms with Crippen LogP contribution in [0.1, 0.15) is 43.6 Å². The Morgan fingerprint density at radius 1 is 1.03 bits per heavy atom. The van der Waals surface area contributed by atoms with Gasteiger partial charge in [-0.3, -0.25) is 9.71 Å². The van der Waals surface area contributed by atoms with E-state index in [0.29, 0.717) is 30.6 Å². The number of anilines is 1. The van der Waals surface area contributed by atoms with Gasteiger partial charge < -0.3 is 16.0 Å². The predicted molar refractivity (Wildman–Crippen MR) is 154 cm³/mol. The molecule has 4 aromatic rings. The number of fused-ring (bicyclic) bond motifs is 1. The Balaban J connectivity index is 1.62. The lowest BCUT2D eigenvalue weighted by atomic mass is 10.0. The fraction of sp³-hybridized carbons (Fsp3) is 0.310. The molecule has 0 saturated heterocycles. The molecule has 5 N–H and O–H groups in total. The molecule has 0 bridgehead atoms. The smallest absolute Gasteiger partial charge is 0.264 e. The summed E-state index contributed by atoms with van der Waals surface area (Å²) in [5.74, 6) is 0.966. The van der Waals surface area contributed by atoms with Gasteiger partial charge in [0.2, 0.25) is 0 Å². The highest BCUT2D eigenvalue weighted by molar-refractivity contribution is 7.92. The molecule has 200 valence electrons. The molecule has 0 atom stereocenters. The molecule has 0 spiro atoms. The van der Waals surface area contributed by atoms with Gasteiger partial charge in [0.25, 0.3) is 10.0 Å². The number of sulfonamides is 1. The molecule has 3 aromatic carbocycles. The number of benzene rings is 3. The lowest BCUT2D eigenvalue weighted by Gasteiger charge is -2.26. The number of nitrogens with zero attached hydrogens (tertiary/aromatic N) is 3. The third-order valence-corrected chi connectivity index (χ3v) is 8.50. The Kier molecular flexibility index (Phi) is 7.89. The number of nitrogens with two attached hydrogens (primary N) is 2. The van der Waals surface area contributed by atoms with Crippen molar-refractivity contribution in [3.05, 3.63) is 89.7 Å². The molecule has 9 heteroatoms. The molecule has 8 nitrogen and oxygen atoms in total. The number of aromatic nitrogens is 2. The molecule has 0 aliphatic rings. The van der Waals surface area contributed by atoms with Gasteiger partial charge in [0, 0.05) is 31.1 Å². The van der Waals surface area contributed by atoms with Crippen LogP contribution in [0, 0.1) is 5.41 Å². The summed E-state index contributed by atoms with van der Waals surface area (Å²) in [6.45, 7) is 4.21. The highest BCUT2D eigenvalue weighted by Gasteiger charge is 2.26. The number of hydrogen-bond acceptors (Lipinski definition) is 5. The molecule has 1 heterocycles. The zero-order valence-corrected chi connectivity index (χ0v) is 23.0. The van der Waals surface area contributed by atoms with Gasteiger partial charge in [0.1, 0.15) is 11.7 Å². The van der Waals surface area contributed by atoms with E-state index in [-0.39, 0.29) is 16.3 Å². The first-order valence-electron chi connectivity index (χ1n) is 12.7. The highest BCUT2D eigenvalue weighted by atomic mass is 32.2. The molecule has 0 aliphatic heterocycles. The molecule has 0 saturated carbocycles. The van der Waals surface area contributed by atoms with Gasteiger partial charge in [-0.15, -0.1) is 0 Å². The maximum absolute atomic E-state index is 13.7. The number of rotatable bonds is 11. The number of aryl methyl sites for hydroxylation is 3. The van der Waals surface area contributed by atoms with E-state index in [1.807, 2.05) is 63.4 Å². The van der Waals surface area contributed by atoms with Crippen molar-refractivity contribution in [1.82, 2.24) is 9.55 Å². The maximum Gasteiger partial charge on any atom is 0.264 e. The van der Waals surface area contributed by atoms with Crippen molar-refractivity contribution < 1.29 is 8.42 Å². The van der Waals surface area contributed by atoms with Crippen LogP contribution < -0.4 is 15.8 Å². The zero-order valence-electron chi connectivity index (χ0n) is 22.2. The van der Waals surface area contributed by atoms with Crippen LogP contribution in [0.15, 0.2) is 77.7 Å². The Morgan fingerprint density at radius 2 is 1.71 bits per heavy atom. The van der Waals surface area contributed by atoms with Crippen LogP contribution >= 0.6 is 0 Å². The second-order valence-electron chi connectivity index (χ2n) is 10.4. The number of amidine groups is 1. The molecule has 1 aromatic heterocycles. The minimum absolute atomic E-state index is 0.0535. The third-order valence-electron chi connectivity index (χ3n) is 6.66. The van der Waals surface area contributed by atoms with Crippen LogP contribution in [0.4, 0.5) is 5.69 Å². The first-order valence-corrected chi connectivity index (χ1v) is 14.1. The van der Waals surface area contributed by atoms with Crippen molar-refractivity contribution in [2.45, 2.75) is 50.0 Å². The fourth-order valence-corrected chi connectivity index (χ4v) is 6.03. The lowest BCUT2D eigenvalue weighted by Crippen LogP contribution is -2.36. The number of hydrogen-bond donors (Lipinski definition) is 3. The van der Waals surface area contributed by atoms with Crippen molar-refractivity contribution in [3.63, 3.8) is 0 Å². The number of nitrogen functional groups attached to an aromatic ring is 1. The minimum atomic E-state index is -3.77. The first-order chi connectivity index (χ1) is 18.0. The lowest BCUT2D eigenvalue weighted by molar-refractivity contribution is 0.461. The Bertz CT molecular complexity index is 1520. The van der Waals surface area contributed by atoms with E-state index in [1.54, 1.807) is 30.3 Å². The average Bonchev–Trinajstić information content (AvgIpc) is 3.20. The summed E-state index contributed by atoms with van der Waals surface area (Å²) in [5, 5.41) is 7.55. The van der Waals surface area contributed by atoms with E-state index < -0.39 is 10.0 Å². The van der Waals surface area contributed by atoms with Crippen LogP contribution in [0.2, 0.25) is 0 Å². The topological polar surface area (TPSA) is 131 Å². The van der Waals surface area contributed by atoms with Crippen LogP contribution in [0.5, 0.6) is 0 Å². The molecule has 0 fully saturated rings. The van der Waals surface area contributed by atoms with Crippen molar-refractivity contribution in [3.8, 4) is 0 Å². The normalized spacial score (nSPS) is 12.1. The van der Waals surface area contributed by atoms with Crippen LogP contribution in [-0.2, 0) is 29.9 Å². The van der Waals surface area contributed by atoms with Gasteiger partial charge in [-0.1, -0.05) is 42.5 Å². The summed E-state index contributed by atoms with van der Waals surface area (Å²) in [6.07, 6.45) is 2.82. The van der Waals surface area contributed by atoms with E-state index in [0.717, 1.165) is 35.3 Å². The highest BCUT2D eigenvalue weighted by Crippen LogP contribution is 2.28. The van der Waals surface area contributed by atoms with Gasteiger partial charge in [0.05, 0.1) is 21.6 Å². The molecular weight excluding hydrogens is 496 g/mol. The van der Waals surface area contributed by atoms with Gasteiger partial charge in [-0.05, 0) is 69.0 Å². The van der Waals surface area contributed by atoms with Gasteiger partial charge in [0.15, 0.2) is 0 Å². The van der Waals surface area contributed by atoms with Crippen molar-refractivity contribution in [1.29, 1.82) is 5.41 Å². The van der Waals surface area contributed by atoms with E-state index in [9.17, 15) is 8.42 Å². The minimum Gasteiger partial charge on any atom is -0.384 e. The Labute approximate surface area is 224 Å². The van der Waals surface area contributed by atoms with Gasteiger partial charge in [-0.2, -0.15) is 0 Å². The summed E-state index contributed by atoms with van der Waals surface area (Å²) in [7, 11) is -1.79. The standard InChI is InChI=1S/C29H36N6O2S/c1-29(2,32)18-7-19-35(38(36,37)24-8-5-4-6-9-24)23-15-16-26-25(20-23)33-27(34(26)3)17-12-21-10-13-22(14-11-21)28(30)31/h4-6,8-11,13-16,20H,7,12,17-19,32H2,1-3H3,(H3,30,31). The van der Waals surface area contributed by atoms with E-state index in [2.05, 4.69) is 4.57 Å².